The van der Waals surface area contributed by atoms with E-state index in [2.05, 4.69) is 54.8 Å². The van der Waals surface area contributed by atoms with Gasteiger partial charge in [0.25, 0.3) is 0 Å². The average Bonchev–Trinajstić information content (AvgIpc) is 2.97. The van der Waals surface area contributed by atoms with Crippen LogP contribution in [-0.2, 0) is 5.41 Å². The number of allylic oxidation sites excluding steroid dienone is 4. The normalized spacial score (nSPS) is 34.1. The first-order valence-corrected chi connectivity index (χ1v) is 8.39. The van der Waals surface area contributed by atoms with Crippen molar-refractivity contribution in [3.8, 4) is 0 Å². The summed E-state index contributed by atoms with van der Waals surface area (Å²) in [5.74, 6) is 1.21. The molecule has 0 bridgehead atoms. The van der Waals surface area contributed by atoms with E-state index in [0.717, 1.165) is 0 Å². The largest absolute Gasteiger partial charge is 0.260 e. The smallest absolute Gasteiger partial charge is 0.0667 e. The Kier molecular flexibility index (Phi) is 3.29. The summed E-state index contributed by atoms with van der Waals surface area (Å²) >= 11 is 0. The molecule has 1 aromatic rings. The molecule has 1 heterocycles. The lowest BCUT2D eigenvalue weighted by Gasteiger charge is -2.42. The van der Waals surface area contributed by atoms with E-state index in [1.165, 1.54) is 49.8 Å². The van der Waals surface area contributed by atoms with E-state index in [9.17, 15) is 0 Å². The Morgan fingerprint density at radius 1 is 0.905 bits per heavy atom. The zero-order chi connectivity index (χ0) is 14.1. The number of hydrogen-bond donors (Lipinski definition) is 0. The number of aliphatic imine (C=N–C) groups is 1. The first-order valence-electron chi connectivity index (χ1n) is 8.39. The van der Waals surface area contributed by atoms with Crippen LogP contribution in [-0.4, -0.2) is 6.21 Å². The molecule has 108 valence electrons. The van der Waals surface area contributed by atoms with Gasteiger partial charge >= 0.3 is 0 Å². The van der Waals surface area contributed by atoms with Gasteiger partial charge in [0, 0.05) is 11.6 Å². The Morgan fingerprint density at radius 2 is 1.57 bits per heavy atom. The highest BCUT2D eigenvalue weighted by Gasteiger charge is 2.47. The second kappa shape index (κ2) is 5.29. The molecule has 0 fully saturated rings. The molecular weight excluding hydrogens is 254 g/mol. The number of para-hydroxylation sites is 1. The van der Waals surface area contributed by atoms with Gasteiger partial charge in [0.1, 0.15) is 0 Å². The van der Waals surface area contributed by atoms with Gasteiger partial charge in [-0.25, -0.2) is 0 Å². The van der Waals surface area contributed by atoms with E-state index >= 15 is 0 Å². The molecule has 1 nitrogen and oxygen atoms in total. The molecule has 0 radical (unpaired) electrons. The topological polar surface area (TPSA) is 12.4 Å². The van der Waals surface area contributed by atoms with Gasteiger partial charge in [0.05, 0.1) is 5.69 Å². The third-order valence-corrected chi connectivity index (χ3v) is 5.52. The maximum atomic E-state index is 4.81. The van der Waals surface area contributed by atoms with Gasteiger partial charge in [-0.05, 0) is 62.0 Å². The Morgan fingerprint density at radius 3 is 2.19 bits per heavy atom. The number of nitrogens with zero attached hydrogens (tertiary/aromatic N) is 1. The van der Waals surface area contributed by atoms with Gasteiger partial charge in [-0.15, -0.1) is 0 Å². The van der Waals surface area contributed by atoms with Crippen LogP contribution in [0.15, 0.2) is 53.6 Å². The van der Waals surface area contributed by atoms with Gasteiger partial charge in [0.15, 0.2) is 0 Å². The van der Waals surface area contributed by atoms with Gasteiger partial charge in [-0.3, -0.25) is 4.99 Å². The second-order valence-corrected chi connectivity index (χ2v) is 6.64. The fourth-order valence-electron chi connectivity index (χ4n) is 4.48. The number of fused-ring (bicyclic) bond motifs is 1. The quantitative estimate of drug-likeness (QED) is 0.646. The van der Waals surface area contributed by atoms with E-state index in [-0.39, 0.29) is 5.41 Å². The maximum absolute atomic E-state index is 4.81. The predicted octanol–water partition coefficient (Wildman–Crippen LogP) is 5.35. The Balaban J connectivity index is 1.85. The highest BCUT2D eigenvalue weighted by molar-refractivity contribution is 5.86. The summed E-state index contributed by atoms with van der Waals surface area (Å²) < 4.78 is 0. The molecule has 0 amide bonds. The molecule has 3 aliphatic rings. The van der Waals surface area contributed by atoms with Gasteiger partial charge < -0.3 is 0 Å². The minimum Gasteiger partial charge on any atom is -0.260 e. The lowest BCUT2D eigenvalue weighted by molar-refractivity contribution is 0.291. The summed E-state index contributed by atoms with van der Waals surface area (Å²) in [7, 11) is 0. The lowest BCUT2D eigenvalue weighted by Crippen LogP contribution is -2.42. The summed E-state index contributed by atoms with van der Waals surface area (Å²) in [5, 5.41) is 0. The van der Waals surface area contributed by atoms with Crippen molar-refractivity contribution in [3.63, 3.8) is 0 Å². The molecular formula is C20H23N. The Bertz CT molecular complexity index is 584. The fourth-order valence-corrected chi connectivity index (χ4v) is 4.48. The van der Waals surface area contributed by atoms with Crippen molar-refractivity contribution in [3.05, 3.63) is 54.1 Å². The third-order valence-electron chi connectivity index (χ3n) is 5.52. The summed E-state index contributed by atoms with van der Waals surface area (Å²) in [6.07, 6.45) is 19.7. The van der Waals surface area contributed by atoms with Crippen LogP contribution in [0.25, 0.3) is 0 Å². The van der Waals surface area contributed by atoms with Crippen molar-refractivity contribution in [1.82, 2.24) is 0 Å². The van der Waals surface area contributed by atoms with Crippen LogP contribution in [0.2, 0.25) is 0 Å². The van der Waals surface area contributed by atoms with Crippen molar-refractivity contribution in [2.24, 2.45) is 16.8 Å². The molecule has 0 aromatic heterocycles. The van der Waals surface area contributed by atoms with Crippen molar-refractivity contribution in [2.75, 3.05) is 0 Å². The number of benzene rings is 1. The maximum Gasteiger partial charge on any atom is 0.0667 e. The Hall–Kier alpha value is -1.63. The molecule has 2 unspecified atom stereocenters. The molecule has 2 atom stereocenters. The van der Waals surface area contributed by atoms with Gasteiger partial charge in [-0.1, -0.05) is 42.5 Å². The molecule has 0 saturated carbocycles. The van der Waals surface area contributed by atoms with Crippen LogP contribution in [0.3, 0.4) is 0 Å². The van der Waals surface area contributed by atoms with Crippen LogP contribution >= 0.6 is 0 Å². The predicted molar refractivity (Wildman–Crippen MR) is 89.2 cm³/mol. The molecule has 0 N–H and O–H groups in total. The highest BCUT2D eigenvalue weighted by Crippen LogP contribution is 2.51. The molecule has 0 spiro atoms. The fraction of sp³-hybridized carbons (Fsp3) is 0.450. The van der Waals surface area contributed by atoms with Crippen LogP contribution < -0.4 is 0 Å². The zero-order valence-electron chi connectivity index (χ0n) is 12.5. The van der Waals surface area contributed by atoms with Crippen LogP contribution in [0.5, 0.6) is 0 Å². The van der Waals surface area contributed by atoms with E-state index in [4.69, 9.17) is 4.99 Å². The first kappa shape index (κ1) is 13.1. The summed E-state index contributed by atoms with van der Waals surface area (Å²) in [4.78, 5) is 4.81. The van der Waals surface area contributed by atoms with Crippen molar-refractivity contribution in [2.45, 2.75) is 43.9 Å². The first-order chi connectivity index (χ1) is 10.4. The van der Waals surface area contributed by atoms with Crippen molar-refractivity contribution in [1.29, 1.82) is 0 Å². The van der Waals surface area contributed by atoms with Crippen molar-refractivity contribution >= 4 is 11.9 Å². The SMILES string of the molecule is C1=CC(C2(C3C=CCCC3)C=Nc3ccccc32)CCC1. The summed E-state index contributed by atoms with van der Waals surface area (Å²) in [6, 6.07) is 8.78. The van der Waals surface area contributed by atoms with Crippen LogP contribution in [0.4, 0.5) is 5.69 Å². The molecule has 0 saturated heterocycles. The number of rotatable bonds is 2. The third kappa shape index (κ3) is 2.02. The van der Waals surface area contributed by atoms with E-state index in [1.54, 1.807) is 0 Å². The molecule has 1 heteroatoms. The molecule has 1 aromatic carbocycles. The van der Waals surface area contributed by atoms with Gasteiger partial charge in [-0.2, -0.15) is 0 Å². The summed E-state index contributed by atoms with van der Waals surface area (Å²) in [6.45, 7) is 0. The van der Waals surface area contributed by atoms with Gasteiger partial charge in [0.2, 0.25) is 0 Å². The second-order valence-electron chi connectivity index (χ2n) is 6.64. The van der Waals surface area contributed by atoms with E-state index in [0.29, 0.717) is 11.8 Å². The lowest BCUT2D eigenvalue weighted by atomic mass is 9.59. The molecule has 1 aliphatic heterocycles. The highest BCUT2D eigenvalue weighted by atomic mass is 14.8. The molecule has 2 aliphatic carbocycles. The average molecular weight is 277 g/mol. The van der Waals surface area contributed by atoms with Crippen LogP contribution in [0, 0.1) is 11.8 Å². The zero-order valence-corrected chi connectivity index (χ0v) is 12.5. The van der Waals surface area contributed by atoms with Crippen molar-refractivity contribution < 1.29 is 0 Å². The standard InChI is InChI=1S/C20H23N/c1-3-9-16(10-4-1)20(17-11-5-2-6-12-17)15-21-19-14-8-7-13-18(19)20/h3,5,7-9,11,13-17H,1-2,4,6,10,12H2. The van der Waals surface area contributed by atoms with E-state index in [1.807, 2.05) is 0 Å². The molecule has 21 heavy (non-hydrogen) atoms. The minimum absolute atomic E-state index is 0.102. The van der Waals surface area contributed by atoms with Crippen LogP contribution in [0.1, 0.15) is 44.1 Å². The Labute approximate surface area is 127 Å². The number of hydrogen-bond acceptors (Lipinski definition) is 1. The summed E-state index contributed by atoms with van der Waals surface area (Å²) in [5.41, 5.74) is 2.75. The minimum atomic E-state index is 0.102. The molecule has 4 rings (SSSR count). The van der Waals surface area contributed by atoms with E-state index < -0.39 is 0 Å². The monoisotopic (exact) mass is 277 g/mol.